The molecule has 3 rings (SSSR count). The number of hydrogen-bond acceptors (Lipinski definition) is 4. The third-order valence-corrected chi connectivity index (χ3v) is 5.41. The molecule has 0 atom stereocenters. The smallest absolute Gasteiger partial charge is 0.245 e. The monoisotopic (exact) mass is 400 g/mol. The van der Waals surface area contributed by atoms with E-state index in [2.05, 4.69) is 9.88 Å². The first kappa shape index (κ1) is 21.3. The van der Waals surface area contributed by atoms with Crippen LogP contribution in [-0.4, -0.2) is 59.6 Å². The van der Waals surface area contributed by atoms with Gasteiger partial charge in [0.2, 0.25) is 11.8 Å². The summed E-state index contributed by atoms with van der Waals surface area (Å²) in [5.74, 6) is 1.08. The first-order valence-electron chi connectivity index (χ1n) is 10.7. The Morgan fingerprint density at radius 3 is 2.69 bits per heavy atom. The maximum Gasteiger partial charge on any atom is 0.245 e. The molecule has 0 bridgehead atoms. The summed E-state index contributed by atoms with van der Waals surface area (Å²) in [5.41, 5.74) is 1.97. The zero-order chi connectivity index (χ0) is 20.5. The Hall–Kier alpha value is -2.41. The van der Waals surface area contributed by atoms with Crippen LogP contribution in [0.1, 0.15) is 44.3 Å². The van der Waals surface area contributed by atoms with Gasteiger partial charge in [-0.15, -0.1) is 0 Å². The fourth-order valence-electron chi connectivity index (χ4n) is 3.87. The summed E-state index contributed by atoms with van der Waals surface area (Å²) in [7, 11) is 1.52. The third-order valence-electron chi connectivity index (χ3n) is 5.41. The van der Waals surface area contributed by atoms with E-state index in [0.29, 0.717) is 13.1 Å². The van der Waals surface area contributed by atoms with Crippen molar-refractivity contribution < 1.29 is 14.3 Å². The molecule has 1 saturated heterocycles. The summed E-state index contributed by atoms with van der Waals surface area (Å²) in [6, 6.07) is 8.03. The highest BCUT2D eigenvalue weighted by Crippen LogP contribution is 2.19. The maximum absolute atomic E-state index is 12.8. The predicted molar refractivity (Wildman–Crippen MR) is 113 cm³/mol. The van der Waals surface area contributed by atoms with Crippen molar-refractivity contribution in [3.63, 3.8) is 0 Å². The van der Waals surface area contributed by atoms with Crippen LogP contribution in [0.2, 0.25) is 0 Å². The second-order valence-corrected chi connectivity index (χ2v) is 7.64. The van der Waals surface area contributed by atoms with E-state index in [1.165, 1.54) is 13.5 Å². The Balaban J connectivity index is 1.56. The minimum absolute atomic E-state index is 0.0782. The molecule has 1 aromatic carbocycles. The van der Waals surface area contributed by atoms with Crippen LogP contribution >= 0.6 is 0 Å². The molecule has 0 spiro atoms. The minimum Gasteiger partial charge on any atom is -0.375 e. The predicted octanol–water partition coefficient (Wildman–Crippen LogP) is 2.52. The highest BCUT2D eigenvalue weighted by atomic mass is 16.5. The molecule has 7 nitrogen and oxygen atoms in total. The second kappa shape index (κ2) is 11.0. The lowest BCUT2D eigenvalue weighted by molar-refractivity contribution is -0.132. The van der Waals surface area contributed by atoms with E-state index in [-0.39, 0.29) is 18.4 Å². The maximum atomic E-state index is 12.8. The largest absolute Gasteiger partial charge is 0.375 e. The summed E-state index contributed by atoms with van der Waals surface area (Å²) >= 11 is 0. The normalized spacial score (nSPS) is 14.3. The molecule has 0 radical (unpaired) electrons. The van der Waals surface area contributed by atoms with Gasteiger partial charge in [0.15, 0.2) is 0 Å². The highest BCUT2D eigenvalue weighted by Gasteiger charge is 2.19. The van der Waals surface area contributed by atoms with Crippen molar-refractivity contribution in [2.24, 2.45) is 0 Å². The molecule has 29 heavy (non-hydrogen) atoms. The Kier molecular flexibility index (Phi) is 8.04. The van der Waals surface area contributed by atoms with Crippen molar-refractivity contribution in [3.05, 3.63) is 30.1 Å². The summed E-state index contributed by atoms with van der Waals surface area (Å²) < 4.78 is 6.89. The highest BCUT2D eigenvalue weighted by molar-refractivity contribution is 5.81. The van der Waals surface area contributed by atoms with E-state index in [0.717, 1.165) is 68.5 Å². The summed E-state index contributed by atoms with van der Waals surface area (Å²) in [4.78, 5) is 31.0. The lowest BCUT2D eigenvalue weighted by Gasteiger charge is -2.27. The van der Waals surface area contributed by atoms with Crippen LogP contribution in [0.25, 0.3) is 11.0 Å². The molecule has 0 aliphatic carbocycles. The molecule has 2 heterocycles. The van der Waals surface area contributed by atoms with Gasteiger partial charge in [0.1, 0.15) is 19.0 Å². The van der Waals surface area contributed by atoms with Gasteiger partial charge in [-0.25, -0.2) is 4.98 Å². The number of amides is 2. The second-order valence-electron chi connectivity index (χ2n) is 7.64. The van der Waals surface area contributed by atoms with Crippen LogP contribution < -0.4 is 5.32 Å². The number of likely N-dealkylation sites (tertiary alicyclic amines) is 1. The molecule has 1 aromatic heterocycles. The first-order chi connectivity index (χ1) is 14.2. The van der Waals surface area contributed by atoms with Gasteiger partial charge in [-0.1, -0.05) is 18.6 Å². The standard InChI is InChI=1S/C22H32N4O3/c1-29-17-21(27)23-13-7-2-4-12-20-24-18-10-5-6-11-19(18)26(20)16-22(28)25-14-8-3-9-15-25/h5-6,10-11H,2-4,7-9,12-17H2,1H3,(H,23,27). The Labute approximate surface area is 172 Å². The number of imidazole rings is 1. The summed E-state index contributed by atoms with van der Waals surface area (Å²) in [6.45, 7) is 2.87. The number of fused-ring (bicyclic) bond motifs is 1. The van der Waals surface area contributed by atoms with Crippen LogP contribution in [0.15, 0.2) is 24.3 Å². The third kappa shape index (κ3) is 6.03. The number of benzene rings is 1. The molecule has 2 amide bonds. The number of rotatable bonds is 10. The number of piperidine rings is 1. The fraction of sp³-hybridized carbons (Fsp3) is 0.591. The number of unbranched alkanes of at least 4 members (excludes halogenated alkanes) is 2. The van der Waals surface area contributed by atoms with Crippen LogP contribution in [0.4, 0.5) is 0 Å². The SMILES string of the molecule is COCC(=O)NCCCCCc1nc2ccccc2n1CC(=O)N1CCCCC1. The van der Waals surface area contributed by atoms with E-state index < -0.39 is 0 Å². The number of carbonyl (C=O) groups is 2. The fourth-order valence-corrected chi connectivity index (χ4v) is 3.87. The average Bonchev–Trinajstić information content (AvgIpc) is 3.09. The molecule has 0 unspecified atom stereocenters. The Morgan fingerprint density at radius 1 is 1.10 bits per heavy atom. The number of aromatic nitrogens is 2. The number of ether oxygens (including phenoxy) is 1. The lowest BCUT2D eigenvalue weighted by Crippen LogP contribution is -2.38. The minimum atomic E-state index is -0.0782. The average molecular weight is 401 g/mol. The van der Waals surface area contributed by atoms with Gasteiger partial charge in [-0.2, -0.15) is 0 Å². The van der Waals surface area contributed by atoms with Gasteiger partial charge in [0.05, 0.1) is 11.0 Å². The van der Waals surface area contributed by atoms with Crippen LogP contribution in [0.5, 0.6) is 0 Å². The van der Waals surface area contributed by atoms with Crippen molar-refractivity contribution >= 4 is 22.8 Å². The molecular weight excluding hydrogens is 368 g/mol. The van der Waals surface area contributed by atoms with Crippen LogP contribution in [0, 0.1) is 0 Å². The Bertz CT molecular complexity index is 811. The lowest BCUT2D eigenvalue weighted by atomic mass is 10.1. The number of hydrogen-bond donors (Lipinski definition) is 1. The number of aryl methyl sites for hydroxylation is 1. The number of para-hydroxylation sites is 2. The zero-order valence-electron chi connectivity index (χ0n) is 17.4. The number of methoxy groups -OCH3 is 1. The van der Waals surface area contributed by atoms with Crippen molar-refractivity contribution in [1.82, 2.24) is 19.8 Å². The number of carbonyl (C=O) groups excluding carboxylic acids is 2. The van der Waals surface area contributed by atoms with E-state index in [4.69, 9.17) is 9.72 Å². The van der Waals surface area contributed by atoms with Crippen molar-refractivity contribution in [2.45, 2.75) is 51.5 Å². The Morgan fingerprint density at radius 2 is 1.90 bits per heavy atom. The van der Waals surface area contributed by atoms with Gasteiger partial charge in [-0.3, -0.25) is 9.59 Å². The van der Waals surface area contributed by atoms with Gasteiger partial charge >= 0.3 is 0 Å². The molecule has 1 fully saturated rings. The molecular formula is C22H32N4O3. The van der Waals surface area contributed by atoms with E-state index in [1.54, 1.807) is 0 Å². The van der Waals surface area contributed by atoms with Gasteiger partial charge < -0.3 is 19.5 Å². The van der Waals surface area contributed by atoms with E-state index in [9.17, 15) is 9.59 Å². The van der Waals surface area contributed by atoms with Crippen LogP contribution in [0.3, 0.4) is 0 Å². The van der Waals surface area contributed by atoms with E-state index >= 15 is 0 Å². The first-order valence-corrected chi connectivity index (χ1v) is 10.7. The van der Waals surface area contributed by atoms with Gasteiger partial charge in [0, 0.05) is 33.2 Å². The molecule has 1 N–H and O–H groups in total. The van der Waals surface area contributed by atoms with Crippen molar-refractivity contribution in [3.8, 4) is 0 Å². The van der Waals surface area contributed by atoms with Crippen LogP contribution in [-0.2, 0) is 27.3 Å². The quantitative estimate of drug-likeness (QED) is 0.622. The van der Waals surface area contributed by atoms with Crippen molar-refractivity contribution in [1.29, 1.82) is 0 Å². The zero-order valence-corrected chi connectivity index (χ0v) is 17.4. The molecule has 7 heteroatoms. The summed E-state index contributed by atoms with van der Waals surface area (Å²) in [6.07, 6.45) is 7.14. The molecule has 2 aromatic rings. The number of nitrogens with one attached hydrogen (secondary N) is 1. The van der Waals surface area contributed by atoms with Gasteiger partial charge in [-0.05, 0) is 44.2 Å². The van der Waals surface area contributed by atoms with E-state index in [1.807, 2.05) is 29.2 Å². The number of nitrogens with zero attached hydrogens (tertiary/aromatic N) is 3. The van der Waals surface area contributed by atoms with Gasteiger partial charge in [0.25, 0.3) is 0 Å². The summed E-state index contributed by atoms with van der Waals surface area (Å²) in [5, 5.41) is 2.84. The molecule has 1 aliphatic heterocycles. The molecule has 0 saturated carbocycles. The molecule has 158 valence electrons. The van der Waals surface area contributed by atoms with Crippen molar-refractivity contribution in [2.75, 3.05) is 33.4 Å². The molecule has 1 aliphatic rings. The topological polar surface area (TPSA) is 76.5 Å².